The highest BCUT2D eigenvalue weighted by atomic mass is 32.2. The summed E-state index contributed by atoms with van der Waals surface area (Å²) < 4.78 is 37.9. The van der Waals surface area contributed by atoms with Crippen molar-refractivity contribution < 1.29 is 13.2 Å². The first-order valence-electron chi connectivity index (χ1n) is 6.22. The first kappa shape index (κ1) is 16.4. The van der Waals surface area contributed by atoms with Crippen molar-refractivity contribution in [2.45, 2.75) is 38.2 Å². The molecule has 19 heavy (non-hydrogen) atoms. The number of halogens is 3. The summed E-state index contributed by atoms with van der Waals surface area (Å²) >= 11 is 1.79. The second-order valence-corrected chi connectivity index (χ2v) is 6.40. The van der Waals surface area contributed by atoms with Crippen molar-refractivity contribution in [1.29, 1.82) is 0 Å². The maximum Gasteiger partial charge on any atom is 0.416 e. The highest BCUT2D eigenvalue weighted by molar-refractivity contribution is 7.99. The quantitative estimate of drug-likeness (QED) is 0.862. The molecule has 0 saturated carbocycles. The minimum absolute atomic E-state index is 0.0784. The average molecular weight is 291 g/mol. The summed E-state index contributed by atoms with van der Waals surface area (Å²) in [6.45, 7) is 5.95. The number of benzene rings is 1. The molecule has 0 aromatic heterocycles. The molecule has 1 atom stereocenters. The van der Waals surface area contributed by atoms with Crippen molar-refractivity contribution in [2.75, 3.05) is 12.8 Å². The van der Waals surface area contributed by atoms with E-state index in [1.807, 2.05) is 7.05 Å². The van der Waals surface area contributed by atoms with E-state index in [0.717, 1.165) is 17.4 Å². The molecule has 1 nitrogen and oxygen atoms in total. The number of hydrogen-bond acceptors (Lipinski definition) is 2. The summed E-state index contributed by atoms with van der Waals surface area (Å²) in [6.07, 6.45) is -4.27. The number of thioether (sulfide) groups is 1. The van der Waals surface area contributed by atoms with Gasteiger partial charge in [-0.25, -0.2) is 0 Å². The zero-order valence-electron chi connectivity index (χ0n) is 11.6. The first-order valence-corrected chi connectivity index (χ1v) is 7.27. The van der Waals surface area contributed by atoms with Crippen LogP contribution >= 0.6 is 11.8 Å². The van der Waals surface area contributed by atoms with E-state index in [9.17, 15) is 13.2 Å². The van der Waals surface area contributed by atoms with E-state index in [1.165, 1.54) is 6.07 Å². The minimum atomic E-state index is -4.27. The smallest absolute Gasteiger partial charge is 0.312 e. The minimum Gasteiger partial charge on any atom is -0.312 e. The fraction of sp³-hybridized carbons (Fsp3) is 0.571. The molecule has 1 aromatic rings. The van der Waals surface area contributed by atoms with Crippen molar-refractivity contribution in [3.05, 3.63) is 34.9 Å². The van der Waals surface area contributed by atoms with Crippen molar-refractivity contribution in [3.63, 3.8) is 0 Å². The van der Waals surface area contributed by atoms with Crippen molar-refractivity contribution in [3.8, 4) is 0 Å². The summed E-state index contributed by atoms with van der Waals surface area (Å²) in [5, 5.41) is 3.68. The lowest BCUT2D eigenvalue weighted by atomic mass is 10.00. The third-order valence-corrected chi connectivity index (χ3v) is 4.11. The van der Waals surface area contributed by atoms with Crippen LogP contribution in [0.4, 0.5) is 13.2 Å². The van der Waals surface area contributed by atoms with Crippen LogP contribution in [0.15, 0.2) is 18.2 Å². The van der Waals surface area contributed by atoms with Gasteiger partial charge < -0.3 is 5.32 Å². The van der Waals surface area contributed by atoms with E-state index in [0.29, 0.717) is 10.8 Å². The van der Waals surface area contributed by atoms with E-state index in [2.05, 4.69) is 19.2 Å². The van der Waals surface area contributed by atoms with Crippen molar-refractivity contribution in [1.82, 2.24) is 5.32 Å². The molecule has 0 fully saturated rings. The number of hydrogen-bond donors (Lipinski definition) is 1. The molecular weight excluding hydrogens is 271 g/mol. The van der Waals surface area contributed by atoms with E-state index in [4.69, 9.17) is 0 Å². The molecule has 1 N–H and O–H groups in total. The van der Waals surface area contributed by atoms with E-state index >= 15 is 0 Å². The Balaban J connectivity index is 2.93. The predicted octanol–water partition coefficient (Wildman–Crippen LogP) is 4.42. The van der Waals surface area contributed by atoms with Crippen LogP contribution in [0.5, 0.6) is 0 Å². The molecule has 0 saturated heterocycles. The lowest BCUT2D eigenvalue weighted by Crippen LogP contribution is -2.21. The molecule has 1 rings (SSSR count). The third-order valence-electron chi connectivity index (χ3n) is 2.92. The van der Waals surface area contributed by atoms with Gasteiger partial charge in [0.1, 0.15) is 0 Å². The molecule has 0 heterocycles. The zero-order chi connectivity index (χ0) is 14.6. The maximum atomic E-state index is 12.6. The monoisotopic (exact) mass is 291 g/mol. The topological polar surface area (TPSA) is 12.0 Å². The first-order chi connectivity index (χ1) is 8.75. The molecule has 0 spiro atoms. The van der Waals surface area contributed by atoms with Gasteiger partial charge in [-0.05, 0) is 42.5 Å². The Labute approximate surface area is 117 Å². The Bertz CT molecular complexity index is 416. The summed E-state index contributed by atoms with van der Waals surface area (Å²) in [6, 6.07) is 4.04. The fourth-order valence-electron chi connectivity index (χ4n) is 1.86. The molecule has 0 aliphatic carbocycles. The van der Waals surface area contributed by atoms with Gasteiger partial charge >= 0.3 is 6.18 Å². The second-order valence-electron chi connectivity index (χ2n) is 4.79. The third kappa shape index (κ3) is 4.73. The molecule has 1 unspecified atom stereocenters. The molecule has 1 aromatic carbocycles. The van der Waals surface area contributed by atoms with E-state index in [1.54, 1.807) is 24.8 Å². The van der Waals surface area contributed by atoms with Crippen LogP contribution in [0.2, 0.25) is 0 Å². The molecular formula is C14H20F3NS. The number of alkyl halides is 3. The van der Waals surface area contributed by atoms with Crippen LogP contribution < -0.4 is 5.32 Å². The van der Waals surface area contributed by atoms with Crippen LogP contribution in [0, 0.1) is 6.92 Å². The van der Waals surface area contributed by atoms with Gasteiger partial charge in [0.15, 0.2) is 0 Å². The Morgan fingerprint density at radius 1 is 1.26 bits per heavy atom. The highest BCUT2D eigenvalue weighted by Crippen LogP contribution is 2.32. The summed E-state index contributed by atoms with van der Waals surface area (Å²) in [5.41, 5.74) is 1.03. The van der Waals surface area contributed by atoms with Crippen molar-refractivity contribution >= 4 is 11.8 Å². The molecule has 0 amide bonds. The zero-order valence-corrected chi connectivity index (χ0v) is 12.5. The summed E-state index contributed by atoms with van der Waals surface area (Å²) in [5.74, 6) is 0.848. The van der Waals surface area contributed by atoms with E-state index in [-0.39, 0.29) is 6.04 Å². The SMILES string of the molecule is CNC(CSC(C)C)c1ccc(C(F)(F)F)cc1C. The van der Waals surface area contributed by atoms with Gasteiger partial charge in [-0.3, -0.25) is 0 Å². The highest BCUT2D eigenvalue weighted by Gasteiger charge is 2.31. The summed E-state index contributed by atoms with van der Waals surface area (Å²) in [7, 11) is 1.84. The lowest BCUT2D eigenvalue weighted by molar-refractivity contribution is -0.137. The van der Waals surface area contributed by atoms with Gasteiger partial charge in [-0.2, -0.15) is 24.9 Å². The van der Waals surface area contributed by atoms with Gasteiger partial charge in [0.25, 0.3) is 0 Å². The van der Waals surface area contributed by atoms with Gasteiger partial charge in [0, 0.05) is 11.8 Å². The Hall–Kier alpha value is -0.680. The second kappa shape index (κ2) is 6.66. The Morgan fingerprint density at radius 3 is 2.32 bits per heavy atom. The molecule has 0 aliphatic rings. The van der Waals surface area contributed by atoms with Crippen LogP contribution in [0.1, 0.15) is 36.6 Å². The Morgan fingerprint density at radius 2 is 1.89 bits per heavy atom. The summed E-state index contributed by atoms with van der Waals surface area (Å²) in [4.78, 5) is 0. The van der Waals surface area contributed by atoms with Crippen LogP contribution in [-0.2, 0) is 6.18 Å². The molecule has 0 aliphatic heterocycles. The lowest BCUT2D eigenvalue weighted by Gasteiger charge is -2.20. The van der Waals surface area contributed by atoms with Gasteiger partial charge in [0.05, 0.1) is 5.56 Å². The largest absolute Gasteiger partial charge is 0.416 e. The molecule has 0 radical (unpaired) electrons. The molecule has 108 valence electrons. The van der Waals surface area contributed by atoms with Crippen LogP contribution in [-0.4, -0.2) is 18.1 Å². The van der Waals surface area contributed by atoms with E-state index < -0.39 is 11.7 Å². The Kier molecular flexibility index (Phi) is 5.74. The van der Waals surface area contributed by atoms with Gasteiger partial charge in [-0.1, -0.05) is 19.9 Å². The van der Waals surface area contributed by atoms with Crippen molar-refractivity contribution in [2.24, 2.45) is 0 Å². The predicted molar refractivity (Wildman–Crippen MR) is 75.6 cm³/mol. The fourth-order valence-corrected chi connectivity index (χ4v) is 2.78. The number of aryl methyl sites for hydroxylation is 1. The van der Waals surface area contributed by atoms with Gasteiger partial charge in [-0.15, -0.1) is 0 Å². The normalized spacial score (nSPS) is 13.9. The number of rotatable bonds is 5. The number of nitrogens with one attached hydrogen (secondary N) is 1. The van der Waals surface area contributed by atoms with Crippen LogP contribution in [0.25, 0.3) is 0 Å². The molecule has 0 bridgehead atoms. The van der Waals surface area contributed by atoms with Gasteiger partial charge in [0.2, 0.25) is 0 Å². The standard InChI is InChI=1S/C14H20F3NS/c1-9(2)19-8-13(18-4)12-6-5-11(7-10(12)3)14(15,16)17/h5-7,9,13,18H,8H2,1-4H3. The molecule has 5 heteroatoms. The maximum absolute atomic E-state index is 12.6. The average Bonchev–Trinajstić information content (AvgIpc) is 2.29. The van der Waals surface area contributed by atoms with Crippen LogP contribution in [0.3, 0.4) is 0 Å².